The number of anilines is 1. The number of esters is 1. The maximum atomic E-state index is 14.1. The highest BCUT2D eigenvalue weighted by Gasteiger charge is 2.72. The summed E-state index contributed by atoms with van der Waals surface area (Å²) < 4.78 is 3.02. The number of hydrogen-bond donors (Lipinski definition) is 0. The molecule has 1 saturated heterocycles. The summed E-state index contributed by atoms with van der Waals surface area (Å²) in [5.74, 6) is -3.53. The third-order valence-electron chi connectivity index (χ3n) is 7.24. The molecule has 8 nitrogen and oxygen atoms in total. The Hall–Kier alpha value is -3.37. The molecule has 0 radical (unpaired) electrons. The van der Waals surface area contributed by atoms with E-state index in [0.717, 1.165) is 40.1 Å². The van der Waals surface area contributed by atoms with Crippen molar-refractivity contribution in [2.75, 3.05) is 4.90 Å². The number of nitro benzene ring substituents is 1. The number of alkyl halides is 2. The molecule has 2 bridgehead atoms. The molecule has 0 spiro atoms. The zero-order valence-corrected chi connectivity index (χ0v) is 21.8. The molecule has 0 aromatic heterocycles. The summed E-state index contributed by atoms with van der Waals surface area (Å²) in [5.41, 5.74) is 3.08. The third kappa shape index (κ3) is 2.71. The molecule has 10 heteroatoms. The van der Waals surface area contributed by atoms with Crippen molar-refractivity contribution in [3.63, 3.8) is 0 Å². The van der Waals surface area contributed by atoms with Gasteiger partial charge in [0.1, 0.15) is 0 Å². The van der Waals surface area contributed by atoms with Crippen molar-refractivity contribution < 1.29 is 24.0 Å². The van der Waals surface area contributed by atoms with E-state index in [9.17, 15) is 24.5 Å². The second-order valence-corrected chi connectivity index (χ2v) is 11.5. The van der Waals surface area contributed by atoms with Gasteiger partial charge in [0.25, 0.3) is 0 Å². The van der Waals surface area contributed by atoms with Crippen molar-refractivity contribution in [3.05, 3.63) is 99.1 Å². The Morgan fingerprint density at radius 1 is 0.889 bits per heavy atom. The van der Waals surface area contributed by atoms with E-state index in [0.29, 0.717) is 0 Å². The van der Waals surface area contributed by atoms with Crippen LogP contribution >= 0.6 is 31.9 Å². The Bertz CT molecular complexity index is 1410. The van der Waals surface area contributed by atoms with Crippen LogP contribution in [-0.4, -0.2) is 22.7 Å². The van der Waals surface area contributed by atoms with Gasteiger partial charge in [-0.3, -0.25) is 24.5 Å². The van der Waals surface area contributed by atoms with Crippen molar-refractivity contribution in [2.24, 2.45) is 11.8 Å². The maximum absolute atomic E-state index is 14.1. The van der Waals surface area contributed by atoms with Crippen LogP contribution in [0, 0.1) is 22.0 Å². The third-order valence-corrected chi connectivity index (χ3v) is 9.93. The van der Waals surface area contributed by atoms with Gasteiger partial charge in [0.15, 0.2) is 0 Å². The molecule has 4 aliphatic rings. The summed E-state index contributed by atoms with van der Waals surface area (Å²) in [7, 11) is 0. The number of nitro groups is 1. The fourth-order valence-electron chi connectivity index (χ4n) is 5.95. The van der Waals surface area contributed by atoms with E-state index in [1.54, 1.807) is 0 Å². The van der Waals surface area contributed by atoms with Gasteiger partial charge in [-0.2, -0.15) is 0 Å². The van der Waals surface area contributed by atoms with Crippen molar-refractivity contribution >= 4 is 61.0 Å². The molecule has 3 aromatic carbocycles. The first-order valence-corrected chi connectivity index (χ1v) is 12.6. The van der Waals surface area contributed by atoms with Crippen LogP contribution in [0.2, 0.25) is 0 Å². The second kappa shape index (κ2) is 7.57. The highest BCUT2D eigenvalue weighted by molar-refractivity contribution is 9.10. The number of ether oxygens (including phenoxy) is 1. The predicted molar refractivity (Wildman–Crippen MR) is 136 cm³/mol. The molecule has 2 atom stereocenters. The number of halogens is 2. The van der Waals surface area contributed by atoms with Crippen LogP contribution in [0.1, 0.15) is 29.2 Å². The van der Waals surface area contributed by atoms with Crippen LogP contribution < -0.4 is 9.64 Å². The molecule has 1 aliphatic heterocycles. The van der Waals surface area contributed by atoms with Gasteiger partial charge in [0.05, 0.1) is 31.1 Å². The molecule has 1 heterocycles. The molecule has 1 fully saturated rings. The van der Waals surface area contributed by atoms with Crippen molar-refractivity contribution in [1.29, 1.82) is 0 Å². The molecule has 0 unspecified atom stereocenters. The largest absolute Gasteiger partial charge is 0.419 e. The zero-order valence-electron chi connectivity index (χ0n) is 18.6. The lowest BCUT2D eigenvalue weighted by atomic mass is 9.54. The second-order valence-electron chi connectivity index (χ2n) is 8.98. The van der Waals surface area contributed by atoms with E-state index in [-0.39, 0.29) is 11.4 Å². The number of amides is 2. The SMILES string of the molecule is CC(=O)Oc1ccc(N2C(=O)[C@H]3[C@H](C2=O)C2(Br)c4ccccc4C3(Br)c3ccccc32)cc1[N+](=O)[O-]. The fourth-order valence-corrected chi connectivity index (χ4v) is 8.25. The first kappa shape index (κ1) is 23.1. The van der Waals surface area contributed by atoms with Crippen LogP contribution in [0.4, 0.5) is 11.4 Å². The molecule has 3 aromatic rings. The first-order valence-electron chi connectivity index (χ1n) is 11.0. The Morgan fingerprint density at radius 2 is 1.33 bits per heavy atom. The zero-order chi connectivity index (χ0) is 25.6. The quantitative estimate of drug-likeness (QED) is 0.104. The lowest BCUT2D eigenvalue weighted by molar-refractivity contribution is -0.385. The lowest BCUT2D eigenvalue weighted by Crippen LogP contribution is -2.56. The van der Waals surface area contributed by atoms with Crippen molar-refractivity contribution in [1.82, 2.24) is 0 Å². The lowest BCUT2D eigenvalue weighted by Gasteiger charge is -2.55. The van der Waals surface area contributed by atoms with E-state index in [1.165, 1.54) is 12.1 Å². The minimum atomic E-state index is -0.967. The van der Waals surface area contributed by atoms with Gasteiger partial charge in [-0.1, -0.05) is 80.4 Å². The minimum Gasteiger partial charge on any atom is -0.419 e. The fraction of sp³-hybridized carbons (Fsp3) is 0.192. The van der Waals surface area contributed by atoms with E-state index in [2.05, 4.69) is 31.9 Å². The number of nitrogens with zero attached hydrogens (tertiary/aromatic N) is 2. The smallest absolute Gasteiger partial charge is 0.313 e. The first-order chi connectivity index (χ1) is 17.1. The molecule has 3 aliphatic carbocycles. The summed E-state index contributed by atoms with van der Waals surface area (Å²) in [6, 6.07) is 19.1. The average molecular weight is 612 g/mol. The summed E-state index contributed by atoms with van der Waals surface area (Å²) >= 11 is 7.84. The summed E-state index contributed by atoms with van der Waals surface area (Å²) in [4.78, 5) is 51.5. The number of carbonyl (C=O) groups excluding carboxylic acids is 3. The number of benzene rings is 3. The van der Waals surface area contributed by atoms with Crippen LogP contribution in [0.5, 0.6) is 5.75 Å². The van der Waals surface area contributed by atoms with Crippen LogP contribution in [0.3, 0.4) is 0 Å². The van der Waals surface area contributed by atoms with Crippen LogP contribution in [-0.2, 0) is 23.0 Å². The molecule has 7 rings (SSSR count). The Kier molecular flexibility index (Phi) is 4.84. The monoisotopic (exact) mass is 610 g/mol. The predicted octanol–water partition coefficient (Wildman–Crippen LogP) is 4.93. The number of hydrogen-bond acceptors (Lipinski definition) is 6. The van der Waals surface area contributed by atoms with E-state index >= 15 is 0 Å². The summed E-state index contributed by atoms with van der Waals surface area (Å²) in [6.45, 7) is 1.13. The highest BCUT2D eigenvalue weighted by atomic mass is 79.9. The van der Waals surface area contributed by atoms with Crippen LogP contribution in [0.15, 0.2) is 66.7 Å². The van der Waals surface area contributed by atoms with Crippen LogP contribution in [0.25, 0.3) is 0 Å². The van der Waals surface area contributed by atoms with Gasteiger partial charge in [-0.05, 0) is 34.4 Å². The molecule has 36 heavy (non-hydrogen) atoms. The highest BCUT2D eigenvalue weighted by Crippen LogP contribution is 2.70. The molecule has 0 saturated carbocycles. The van der Waals surface area contributed by atoms with Crippen molar-refractivity contribution in [3.8, 4) is 5.75 Å². The topological polar surface area (TPSA) is 107 Å². The Morgan fingerprint density at radius 3 is 1.72 bits per heavy atom. The molecule has 0 N–H and O–H groups in total. The maximum Gasteiger partial charge on any atom is 0.313 e. The molecule has 180 valence electrons. The Balaban J connectivity index is 1.56. The van der Waals surface area contributed by atoms with Gasteiger partial charge in [-0.25, -0.2) is 4.90 Å². The van der Waals surface area contributed by atoms with E-state index in [1.807, 2.05) is 48.5 Å². The average Bonchev–Trinajstić information content (AvgIpc) is 3.13. The van der Waals surface area contributed by atoms with E-state index < -0.39 is 48.9 Å². The number of imide groups is 1. The standard InChI is InChI=1S/C26H16Br2N2O6/c1-13(31)36-20-11-10-14(12-19(20)30(34)35)29-23(32)21-22(24(29)33)26(28)16-7-3-2-6-15(16)25(21,27)17-8-4-5-9-18(17)26/h2-12,21-22H,1H3/t21-,22-,25?,26?/m1/s1. The Labute approximate surface area is 221 Å². The summed E-state index contributed by atoms with van der Waals surface area (Å²) in [6.07, 6.45) is 0. The number of rotatable bonds is 3. The molecule has 2 amide bonds. The molecular formula is C26H16Br2N2O6. The van der Waals surface area contributed by atoms with Gasteiger partial charge < -0.3 is 4.74 Å². The number of carbonyl (C=O) groups is 3. The van der Waals surface area contributed by atoms with Crippen molar-refractivity contribution in [2.45, 2.75) is 15.6 Å². The van der Waals surface area contributed by atoms with Gasteiger partial charge >= 0.3 is 11.7 Å². The van der Waals surface area contributed by atoms with Gasteiger partial charge in [0.2, 0.25) is 17.6 Å². The van der Waals surface area contributed by atoms with Gasteiger partial charge in [0, 0.05) is 13.0 Å². The minimum absolute atomic E-state index is 0.0433. The normalized spacial score (nSPS) is 27.4. The van der Waals surface area contributed by atoms with E-state index in [4.69, 9.17) is 4.74 Å². The summed E-state index contributed by atoms with van der Waals surface area (Å²) in [5, 5.41) is 11.7. The van der Waals surface area contributed by atoms with Gasteiger partial charge in [-0.15, -0.1) is 0 Å². The molecular weight excluding hydrogens is 596 g/mol.